The first-order chi connectivity index (χ1) is 17.7. The predicted molar refractivity (Wildman–Crippen MR) is 142 cm³/mol. The van der Waals surface area contributed by atoms with Gasteiger partial charge in [-0.25, -0.2) is 4.98 Å². The van der Waals surface area contributed by atoms with Gasteiger partial charge in [-0.1, -0.05) is 47.1 Å². The highest BCUT2D eigenvalue weighted by atomic mass is 16.5. The van der Waals surface area contributed by atoms with Gasteiger partial charge in [-0.15, -0.1) is 0 Å². The predicted octanol–water partition coefficient (Wildman–Crippen LogP) is 4.74. The smallest absolute Gasteiger partial charge is 0.259 e. The number of ether oxygens (including phenoxy) is 1. The van der Waals surface area contributed by atoms with E-state index in [2.05, 4.69) is 49.3 Å². The summed E-state index contributed by atoms with van der Waals surface area (Å²) in [4.78, 5) is 14.0. The quantitative estimate of drug-likeness (QED) is 0.341. The minimum absolute atomic E-state index is 0.469. The van der Waals surface area contributed by atoms with Crippen molar-refractivity contribution >= 4 is 11.5 Å². The number of hydrogen-bond acceptors (Lipinski definition) is 8. The maximum absolute atomic E-state index is 5.52. The fourth-order valence-corrected chi connectivity index (χ4v) is 4.41. The fraction of sp³-hybridized carbons (Fsp3) is 0.321. The highest BCUT2D eigenvalue weighted by Gasteiger charge is 2.19. The van der Waals surface area contributed by atoms with Crippen LogP contribution in [0.25, 0.3) is 22.8 Å². The number of aromatic nitrogens is 3. The zero-order valence-electron chi connectivity index (χ0n) is 20.9. The molecule has 1 fully saturated rings. The lowest BCUT2D eigenvalue weighted by Crippen LogP contribution is -2.46. The third kappa shape index (κ3) is 5.66. The van der Waals surface area contributed by atoms with Crippen LogP contribution in [0, 0.1) is 6.92 Å². The van der Waals surface area contributed by atoms with Gasteiger partial charge in [0.25, 0.3) is 5.89 Å². The highest BCUT2D eigenvalue weighted by molar-refractivity contribution is 5.60. The van der Waals surface area contributed by atoms with E-state index in [-0.39, 0.29) is 0 Å². The summed E-state index contributed by atoms with van der Waals surface area (Å²) in [5.74, 6) is 2.84. The van der Waals surface area contributed by atoms with Crippen LogP contribution in [0.3, 0.4) is 0 Å². The van der Waals surface area contributed by atoms with Crippen LogP contribution >= 0.6 is 0 Å². The van der Waals surface area contributed by atoms with Crippen LogP contribution in [0.5, 0.6) is 5.75 Å². The van der Waals surface area contributed by atoms with Gasteiger partial charge in [0.15, 0.2) is 0 Å². The van der Waals surface area contributed by atoms with Crippen LogP contribution < -0.4 is 15.0 Å². The second kappa shape index (κ2) is 11.2. The van der Waals surface area contributed by atoms with Gasteiger partial charge in [-0.05, 0) is 44.2 Å². The molecule has 4 aromatic rings. The van der Waals surface area contributed by atoms with E-state index in [9.17, 15) is 0 Å². The lowest BCUT2D eigenvalue weighted by Gasteiger charge is -2.36. The number of rotatable bonds is 9. The highest BCUT2D eigenvalue weighted by Crippen LogP contribution is 2.28. The molecule has 0 bridgehead atoms. The van der Waals surface area contributed by atoms with Crippen LogP contribution in [-0.4, -0.2) is 66.4 Å². The zero-order valence-corrected chi connectivity index (χ0v) is 20.9. The van der Waals surface area contributed by atoms with E-state index in [1.54, 1.807) is 13.3 Å². The van der Waals surface area contributed by atoms with Crippen molar-refractivity contribution in [3.05, 3.63) is 72.4 Å². The maximum Gasteiger partial charge on any atom is 0.259 e. The first-order valence-electron chi connectivity index (χ1n) is 12.4. The first-order valence-corrected chi connectivity index (χ1v) is 12.4. The van der Waals surface area contributed by atoms with Gasteiger partial charge in [0, 0.05) is 44.5 Å². The first kappa shape index (κ1) is 23.8. The summed E-state index contributed by atoms with van der Waals surface area (Å²) in [6.07, 6.45) is 2.83. The zero-order chi connectivity index (χ0) is 24.7. The van der Waals surface area contributed by atoms with Gasteiger partial charge < -0.3 is 19.5 Å². The van der Waals surface area contributed by atoms with E-state index < -0.39 is 0 Å². The van der Waals surface area contributed by atoms with Crippen LogP contribution in [0.1, 0.15) is 12.0 Å². The molecule has 0 unspecified atom stereocenters. The number of pyridine rings is 1. The summed E-state index contributed by atoms with van der Waals surface area (Å²) in [6, 6.07) is 20.2. The average molecular weight is 485 g/mol. The molecule has 36 heavy (non-hydrogen) atoms. The number of piperazine rings is 1. The van der Waals surface area contributed by atoms with Crippen LogP contribution in [0.2, 0.25) is 0 Å². The molecule has 8 heteroatoms. The molecule has 2 aromatic heterocycles. The third-order valence-electron chi connectivity index (χ3n) is 6.50. The molecule has 1 saturated heterocycles. The SMILES string of the molecule is COc1ccccc1N1CCN(CCCNc2ccc(-c3nc(-c4ccc(C)cc4)no3)cn2)CC1. The van der Waals surface area contributed by atoms with Crippen molar-refractivity contribution < 1.29 is 9.26 Å². The molecule has 2 aromatic carbocycles. The molecule has 1 aliphatic heterocycles. The topological polar surface area (TPSA) is 79.5 Å². The van der Waals surface area contributed by atoms with E-state index in [0.29, 0.717) is 11.7 Å². The van der Waals surface area contributed by atoms with Gasteiger partial charge in [-0.2, -0.15) is 4.98 Å². The maximum atomic E-state index is 5.52. The Morgan fingerprint density at radius 1 is 0.944 bits per heavy atom. The Morgan fingerprint density at radius 2 is 1.72 bits per heavy atom. The van der Waals surface area contributed by atoms with Crippen molar-refractivity contribution in [2.24, 2.45) is 0 Å². The molecule has 0 radical (unpaired) electrons. The second-order valence-electron chi connectivity index (χ2n) is 9.00. The standard InChI is InChI=1S/C28H32N6O2/c1-21-8-10-22(11-9-21)27-31-28(36-32-27)23-12-13-26(30-20-23)29-14-5-15-33-16-18-34(19-17-33)24-6-3-4-7-25(24)35-2/h3-4,6-13,20H,5,14-19H2,1-2H3,(H,29,30). The van der Waals surface area contributed by atoms with Crippen molar-refractivity contribution in [1.29, 1.82) is 0 Å². The number of methoxy groups -OCH3 is 1. The molecule has 0 saturated carbocycles. The van der Waals surface area contributed by atoms with Crippen molar-refractivity contribution in [1.82, 2.24) is 20.0 Å². The molecular weight excluding hydrogens is 452 g/mol. The van der Waals surface area contributed by atoms with Gasteiger partial charge in [-0.3, -0.25) is 4.90 Å². The molecule has 0 spiro atoms. The Bertz CT molecular complexity index is 1250. The summed E-state index contributed by atoms with van der Waals surface area (Å²) in [6.45, 7) is 8.12. The van der Waals surface area contributed by atoms with Gasteiger partial charge in [0.05, 0.1) is 18.4 Å². The van der Waals surface area contributed by atoms with Crippen molar-refractivity contribution in [2.45, 2.75) is 13.3 Å². The largest absolute Gasteiger partial charge is 0.495 e. The van der Waals surface area contributed by atoms with Gasteiger partial charge >= 0.3 is 0 Å². The summed E-state index contributed by atoms with van der Waals surface area (Å²) >= 11 is 0. The molecule has 186 valence electrons. The monoisotopic (exact) mass is 484 g/mol. The number of hydrogen-bond donors (Lipinski definition) is 1. The van der Waals surface area contributed by atoms with Gasteiger partial charge in [0.2, 0.25) is 5.82 Å². The molecule has 1 aliphatic rings. The number of nitrogens with zero attached hydrogens (tertiary/aromatic N) is 5. The van der Waals surface area contributed by atoms with E-state index in [1.165, 1.54) is 11.3 Å². The summed E-state index contributed by atoms with van der Waals surface area (Å²) in [5, 5.41) is 7.52. The average Bonchev–Trinajstić information content (AvgIpc) is 3.43. The van der Waals surface area contributed by atoms with Crippen molar-refractivity contribution in [2.75, 3.05) is 56.6 Å². The summed E-state index contributed by atoms with van der Waals surface area (Å²) < 4.78 is 11.0. The summed E-state index contributed by atoms with van der Waals surface area (Å²) in [7, 11) is 1.73. The number of anilines is 2. The minimum Gasteiger partial charge on any atom is -0.495 e. The Morgan fingerprint density at radius 3 is 2.47 bits per heavy atom. The molecule has 0 amide bonds. The number of nitrogens with one attached hydrogen (secondary N) is 1. The van der Waals surface area contributed by atoms with Crippen molar-refractivity contribution in [3.8, 4) is 28.6 Å². The van der Waals surface area contributed by atoms with E-state index in [1.807, 2.05) is 48.5 Å². The van der Waals surface area contributed by atoms with Crippen molar-refractivity contribution in [3.63, 3.8) is 0 Å². The van der Waals surface area contributed by atoms with E-state index in [0.717, 1.165) is 68.4 Å². The van der Waals surface area contributed by atoms with E-state index in [4.69, 9.17) is 9.26 Å². The van der Waals surface area contributed by atoms with E-state index >= 15 is 0 Å². The van der Waals surface area contributed by atoms with Crippen LogP contribution in [0.4, 0.5) is 11.5 Å². The Hall–Kier alpha value is -3.91. The molecule has 8 nitrogen and oxygen atoms in total. The molecule has 1 N–H and O–H groups in total. The fourth-order valence-electron chi connectivity index (χ4n) is 4.41. The lowest BCUT2D eigenvalue weighted by atomic mass is 10.1. The summed E-state index contributed by atoms with van der Waals surface area (Å²) in [5.41, 5.74) is 4.12. The number of aryl methyl sites for hydroxylation is 1. The number of benzene rings is 2. The Balaban J connectivity index is 1.06. The Labute approximate surface area is 211 Å². The second-order valence-corrected chi connectivity index (χ2v) is 9.00. The molecule has 0 aliphatic carbocycles. The molecule has 5 rings (SSSR count). The van der Waals surface area contributed by atoms with Crippen LogP contribution in [-0.2, 0) is 0 Å². The molecular formula is C28H32N6O2. The molecule has 0 atom stereocenters. The minimum atomic E-state index is 0.469. The Kier molecular flexibility index (Phi) is 7.42. The molecule has 3 heterocycles. The van der Waals surface area contributed by atoms with Gasteiger partial charge in [0.1, 0.15) is 11.6 Å². The van der Waals surface area contributed by atoms with Crippen LogP contribution in [0.15, 0.2) is 71.4 Å². The normalized spacial score (nSPS) is 14.1. The lowest BCUT2D eigenvalue weighted by molar-refractivity contribution is 0.256. The third-order valence-corrected chi connectivity index (χ3v) is 6.50. The number of para-hydroxylation sites is 2.